The Balaban J connectivity index is 0.00000127. The molecule has 128 valence electrons. The number of ketones is 1. The summed E-state index contributed by atoms with van der Waals surface area (Å²) in [5.74, 6) is 0.162. The molecule has 1 unspecified atom stereocenters. The molecule has 23 heavy (non-hydrogen) atoms. The fraction of sp³-hybridized carbons (Fsp3) is 0.556. The van der Waals surface area contributed by atoms with Gasteiger partial charge in [-0.2, -0.15) is 0 Å². The fourth-order valence-corrected chi connectivity index (χ4v) is 2.36. The molecule has 1 aromatic rings. The van der Waals surface area contributed by atoms with Crippen LogP contribution in [0.4, 0.5) is 4.79 Å². The second kappa shape index (κ2) is 10.0. The lowest BCUT2D eigenvalue weighted by atomic mass is 10.2. The van der Waals surface area contributed by atoms with Crippen LogP contribution in [0.25, 0.3) is 0 Å². The number of ether oxygens (including phenoxy) is 1. The lowest BCUT2D eigenvalue weighted by Gasteiger charge is -2.36. The molecule has 1 heterocycles. The molecule has 1 aromatic carbocycles. The summed E-state index contributed by atoms with van der Waals surface area (Å²) in [4.78, 5) is 27.2. The zero-order valence-corrected chi connectivity index (χ0v) is 14.6. The highest BCUT2D eigenvalue weighted by Crippen LogP contribution is 2.09. The van der Waals surface area contributed by atoms with E-state index in [9.17, 15) is 9.59 Å². The molecule has 1 fully saturated rings. The third-order valence-corrected chi connectivity index (χ3v) is 3.91. The number of hydrogen-bond donors (Lipinski definition) is 0. The quantitative estimate of drug-likeness (QED) is 0.856. The van der Waals surface area contributed by atoms with Crippen LogP contribution in [0, 0.1) is 0 Å². The van der Waals surface area contributed by atoms with Crippen LogP contribution in [-0.2, 0) is 16.1 Å². The van der Waals surface area contributed by atoms with Gasteiger partial charge in [-0.25, -0.2) is 4.79 Å². The van der Waals surface area contributed by atoms with E-state index in [2.05, 4.69) is 4.90 Å². The average Bonchev–Trinajstić information content (AvgIpc) is 2.61. The molecule has 0 N–H and O–H groups in total. The van der Waals surface area contributed by atoms with E-state index < -0.39 is 0 Å². The van der Waals surface area contributed by atoms with Crippen molar-refractivity contribution in [2.75, 3.05) is 26.2 Å². The van der Waals surface area contributed by atoms with E-state index in [0.717, 1.165) is 5.56 Å². The Morgan fingerprint density at radius 2 is 1.65 bits per heavy atom. The minimum absolute atomic E-state index is 0.0764. The van der Waals surface area contributed by atoms with Gasteiger partial charge in [-0.15, -0.1) is 0 Å². The van der Waals surface area contributed by atoms with Crippen molar-refractivity contribution in [2.24, 2.45) is 0 Å². The van der Waals surface area contributed by atoms with Crippen molar-refractivity contribution in [3.8, 4) is 0 Å². The van der Waals surface area contributed by atoms with Crippen molar-refractivity contribution in [1.29, 1.82) is 0 Å². The molecule has 1 aliphatic rings. The van der Waals surface area contributed by atoms with E-state index in [1.165, 1.54) is 0 Å². The van der Waals surface area contributed by atoms with Crippen LogP contribution >= 0.6 is 0 Å². The van der Waals surface area contributed by atoms with Crippen molar-refractivity contribution in [1.82, 2.24) is 9.80 Å². The first-order chi connectivity index (χ1) is 11.1. The van der Waals surface area contributed by atoms with Gasteiger partial charge in [0.2, 0.25) is 0 Å². The summed E-state index contributed by atoms with van der Waals surface area (Å²) in [5, 5.41) is 0. The SMILES string of the molecule is CC.CC(=O)C(C)N1CCN(C(=O)OCc2ccccc2)CC1. The first kappa shape index (κ1) is 19.2. The highest BCUT2D eigenvalue weighted by Gasteiger charge is 2.26. The van der Waals surface area contributed by atoms with E-state index in [1.807, 2.05) is 51.1 Å². The molecule has 1 atom stereocenters. The molecular weight excluding hydrogens is 292 g/mol. The maximum absolute atomic E-state index is 12.0. The first-order valence-corrected chi connectivity index (χ1v) is 8.28. The average molecular weight is 320 g/mol. The summed E-state index contributed by atoms with van der Waals surface area (Å²) in [7, 11) is 0. The van der Waals surface area contributed by atoms with Gasteiger partial charge in [0.25, 0.3) is 0 Å². The van der Waals surface area contributed by atoms with Crippen LogP contribution in [0.1, 0.15) is 33.3 Å². The van der Waals surface area contributed by atoms with Gasteiger partial charge in [0.05, 0.1) is 6.04 Å². The fourth-order valence-electron chi connectivity index (χ4n) is 2.36. The number of benzene rings is 1. The van der Waals surface area contributed by atoms with Gasteiger partial charge >= 0.3 is 6.09 Å². The summed E-state index contributed by atoms with van der Waals surface area (Å²) in [5.41, 5.74) is 0.981. The number of amides is 1. The summed E-state index contributed by atoms with van der Waals surface area (Å²) in [6.07, 6.45) is -0.283. The van der Waals surface area contributed by atoms with E-state index in [0.29, 0.717) is 32.8 Å². The Kier molecular flexibility index (Phi) is 8.33. The van der Waals surface area contributed by atoms with E-state index in [-0.39, 0.29) is 17.9 Å². The van der Waals surface area contributed by atoms with Gasteiger partial charge in [0, 0.05) is 26.2 Å². The minimum Gasteiger partial charge on any atom is -0.445 e. The summed E-state index contributed by atoms with van der Waals surface area (Å²) in [6.45, 7) is 10.4. The Morgan fingerprint density at radius 1 is 1.09 bits per heavy atom. The molecule has 2 rings (SSSR count). The van der Waals surface area contributed by atoms with Crippen molar-refractivity contribution < 1.29 is 14.3 Å². The Hall–Kier alpha value is -1.88. The van der Waals surface area contributed by atoms with Gasteiger partial charge in [0.1, 0.15) is 12.4 Å². The van der Waals surface area contributed by atoms with Crippen LogP contribution in [0.15, 0.2) is 30.3 Å². The number of piperazine rings is 1. The van der Waals surface area contributed by atoms with Crippen LogP contribution in [-0.4, -0.2) is 53.9 Å². The Bertz CT molecular complexity index is 482. The molecule has 0 aromatic heterocycles. The maximum atomic E-state index is 12.0. The predicted molar refractivity (Wildman–Crippen MR) is 91.3 cm³/mol. The molecule has 0 spiro atoms. The molecule has 0 saturated carbocycles. The van der Waals surface area contributed by atoms with Gasteiger partial charge in [0.15, 0.2) is 0 Å². The lowest BCUT2D eigenvalue weighted by molar-refractivity contribution is -0.122. The third kappa shape index (κ3) is 6.02. The topological polar surface area (TPSA) is 49.9 Å². The number of carbonyl (C=O) groups is 2. The van der Waals surface area contributed by atoms with Gasteiger partial charge in [-0.1, -0.05) is 44.2 Å². The number of carbonyl (C=O) groups excluding carboxylic acids is 2. The van der Waals surface area contributed by atoms with Crippen LogP contribution < -0.4 is 0 Å². The largest absolute Gasteiger partial charge is 0.445 e. The molecule has 5 heteroatoms. The zero-order valence-electron chi connectivity index (χ0n) is 14.6. The number of Topliss-reactive ketones (excluding diaryl/α,β-unsaturated/α-hetero) is 1. The predicted octanol–water partition coefficient (Wildman–Crippen LogP) is 2.94. The Labute approximate surface area is 139 Å². The van der Waals surface area contributed by atoms with Crippen molar-refractivity contribution in [2.45, 2.75) is 40.3 Å². The summed E-state index contributed by atoms with van der Waals surface area (Å²) in [6, 6.07) is 9.56. The first-order valence-electron chi connectivity index (χ1n) is 8.28. The van der Waals surface area contributed by atoms with Crippen LogP contribution in [0.2, 0.25) is 0 Å². The smallest absolute Gasteiger partial charge is 0.410 e. The highest BCUT2D eigenvalue weighted by atomic mass is 16.6. The molecule has 5 nitrogen and oxygen atoms in total. The zero-order chi connectivity index (χ0) is 17.2. The second-order valence-electron chi connectivity index (χ2n) is 5.35. The summed E-state index contributed by atoms with van der Waals surface area (Å²) < 4.78 is 5.31. The standard InChI is InChI=1S/C16H22N2O3.C2H6/c1-13(14(2)19)17-8-10-18(11-9-17)16(20)21-12-15-6-4-3-5-7-15;1-2/h3-7,13H,8-12H2,1-2H3;1-2H3. The molecule has 1 saturated heterocycles. The molecule has 0 radical (unpaired) electrons. The lowest BCUT2D eigenvalue weighted by Crippen LogP contribution is -2.52. The van der Waals surface area contributed by atoms with Gasteiger partial charge in [-0.3, -0.25) is 9.69 Å². The monoisotopic (exact) mass is 320 g/mol. The second-order valence-corrected chi connectivity index (χ2v) is 5.35. The molecule has 0 aliphatic carbocycles. The number of hydrogen-bond acceptors (Lipinski definition) is 4. The molecule has 1 amide bonds. The van der Waals surface area contributed by atoms with Gasteiger partial charge in [-0.05, 0) is 19.4 Å². The molecule has 0 bridgehead atoms. The van der Waals surface area contributed by atoms with Crippen molar-refractivity contribution in [3.05, 3.63) is 35.9 Å². The molecular formula is C18H28N2O3. The molecule has 1 aliphatic heterocycles. The Morgan fingerprint density at radius 3 is 2.17 bits per heavy atom. The van der Waals surface area contributed by atoms with Gasteiger partial charge < -0.3 is 9.64 Å². The van der Waals surface area contributed by atoms with E-state index in [4.69, 9.17) is 4.74 Å². The van der Waals surface area contributed by atoms with E-state index in [1.54, 1.807) is 11.8 Å². The van der Waals surface area contributed by atoms with E-state index >= 15 is 0 Å². The van der Waals surface area contributed by atoms with Crippen LogP contribution in [0.5, 0.6) is 0 Å². The normalized spacial score (nSPS) is 16.1. The van der Waals surface area contributed by atoms with Crippen molar-refractivity contribution in [3.63, 3.8) is 0 Å². The van der Waals surface area contributed by atoms with Crippen LogP contribution in [0.3, 0.4) is 0 Å². The maximum Gasteiger partial charge on any atom is 0.410 e. The number of rotatable bonds is 4. The minimum atomic E-state index is -0.283. The summed E-state index contributed by atoms with van der Waals surface area (Å²) >= 11 is 0. The third-order valence-electron chi connectivity index (χ3n) is 3.91. The highest BCUT2D eigenvalue weighted by molar-refractivity contribution is 5.81. The number of nitrogens with zero attached hydrogens (tertiary/aromatic N) is 2. The van der Waals surface area contributed by atoms with Crippen molar-refractivity contribution >= 4 is 11.9 Å².